The molecule has 0 saturated carbocycles. The maximum atomic E-state index is 12.8. The number of likely N-dealkylation sites (tertiary alicyclic amines) is 1. The lowest BCUT2D eigenvalue weighted by Gasteiger charge is -2.26. The molecule has 146 valence electrons. The second-order valence-electron chi connectivity index (χ2n) is 6.73. The molecule has 0 spiro atoms. The Bertz CT molecular complexity index is 920. The Morgan fingerprint density at radius 2 is 1.82 bits per heavy atom. The first kappa shape index (κ1) is 20.1. The van der Waals surface area contributed by atoms with Crippen molar-refractivity contribution in [3.63, 3.8) is 0 Å². The Morgan fingerprint density at radius 1 is 1.14 bits per heavy atom. The first-order chi connectivity index (χ1) is 13.5. The van der Waals surface area contributed by atoms with Gasteiger partial charge in [0.2, 0.25) is 0 Å². The third-order valence-corrected chi connectivity index (χ3v) is 5.16. The van der Waals surface area contributed by atoms with E-state index in [4.69, 9.17) is 16.3 Å². The summed E-state index contributed by atoms with van der Waals surface area (Å²) in [5.74, 6) is -1.55. The van der Waals surface area contributed by atoms with Crippen LogP contribution < -0.4 is 0 Å². The van der Waals surface area contributed by atoms with Gasteiger partial charge in [0.05, 0.1) is 11.6 Å². The standard InChI is InChI=1S/C22H22ClNO4/c1-14-8-10-15(11-9-14)20(25)18-19(16-6-3-4-7-17(16)23)24(12-5-13-28-2)22(27)21(18)26/h3-4,6-11,19,25H,5,12-13H2,1-2H3/b20-18-. The maximum Gasteiger partial charge on any atom is 0.295 e. The number of amides is 1. The van der Waals surface area contributed by atoms with Gasteiger partial charge in [0, 0.05) is 30.8 Å². The fourth-order valence-corrected chi connectivity index (χ4v) is 3.62. The predicted octanol–water partition coefficient (Wildman–Crippen LogP) is 4.11. The summed E-state index contributed by atoms with van der Waals surface area (Å²) in [7, 11) is 1.58. The summed E-state index contributed by atoms with van der Waals surface area (Å²) in [4.78, 5) is 27.0. The molecule has 2 aromatic rings. The van der Waals surface area contributed by atoms with Crippen LogP contribution in [0.1, 0.15) is 29.2 Å². The largest absolute Gasteiger partial charge is 0.507 e. The van der Waals surface area contributed by atoms with Crippen LogP contribution in [-0.4, -0.2) is 42.0 Å². The fraction of sp³-hybridized carbons (Fsp3) is 0.273. The van der Waals surface area contributed by atoms with Crippen molar-refractivity contribution in [3.05, 3.63) is 75.8 Å². The van der Waals surface area contributed by atoms with Gasteiger partial charge < -0.3 is 14.7 Å². The number of carbonyl (C=O) groups excluding carboxylic acids is 2. The third kappa shape index (κ3) is 3.81. The second-order valence-corrected chi connectivity index (χ2v) is 7.13. The molecular weight excluding hydrogens is 378 g/mol. The first-order valence-electron chi connectivity index (χ1n) is 9.04. The van der Waals surface area contributed by atoms with Gasteiger partial charge in [-0.1, -0.05) is 59.6 Å². The van der Waals surface area contributed by atoms with Crippen LogP contribution in [0.3, 0.4) is 0 Å². The van der Waals surface area contributed by atoms with Crippen LogP contribution >= 0.6 is 11.6 Å². The highest BCUT2D eigenvalue weighted by Crippen LogP contribution is 2.41. The molecule has 1 amide bonds. The van der Waals surface area contributed by atoms with Gasteiger partial charge >= 0.3 is 0 Å². The summed E-state index contributed by atoms with van der Waals surface area (Å²) in [5, 5.41) is 11.4. The Hall–Kier alpha value is -2.63. The van der Waals surface area contributed by atoms with Crippen molar-refractivity contribution >= 4 is 29.1 Å². The molecule has 0 aromatic heterocycles. The van der Waals surface area contributed by atoms with E-state index in [0.717, 1.165) is 5.56 Å². The molecule has 0 bridgehead atoms. The summed E-state index contributed by atoms with van der Waals surface area (Å²) in [6.45, 7) is 2.71. The lowest BCUT2D eigenvalue weighted by Crippen LogP contribution is -2.31. The van der Waals surface area contributed by atoms with Gasteiger partial charge in [-0.3, -0.25) is 9.59 Å². The molecule has 1 heterocycles. The first-order valence-corrected chi connectivity index (χ1v) is 9.42. The van der Waals surface area contributed by atoms with Crippen LogP contribution in [0.5, 0.6) is 0 Å². The number of methoxy groups -OCH3 is 1. The zero-order valence-corrected chi connectivity index (χ0v) is 16.6. The van der Waals surface area contributed by atoms with Crippen LogP contribution in [-0.2, 0) is 14.3 Å². The van der Waals surface area contributed by atoms with Gasteiger partial charge in [0.1, 0.15) is 5.76 Å². The summed E-state index contributed by atoms with van der Waals surface area (Å²) in [5.41, 5.74) is 2.17. The number of nitrogens with zero attached hydrogens (tertiary/aromatic N) is 1. The number of benzene rings is 2. The number of ketones is 1. The molecule has 3 rings (SSSR count). The van der Waals surface area contributed by atoms with Crippen molar-refractivity contribution in [2.45, 2.75) is 19.4 Å². The lowest BCUT2D eigenvalue weighted by atomic mass is 9.95. The quantitative estimate of drug-likeness (QED) is 0.343. The second kappa shape index (κ2) is 8.59. The topological polar surface area (TPSA) is 66.8 Å². The van der Waals surface area contributed by atoms with Crippen LogP contribution in [0.25, 0.3) is 5.76 Å². The molecule has 1 unspecified atom stereocenters. The normalized spacial score (nSPS) is 18.7. The highest BCUT2D eigenvalue weighted by atomic mass is 35.5. The van der Waals surface area contributed by atoms with Gasteiger partial charge in [0.15, 0.2) is 0 Å². The van der Waals surface area contributed by atoms with E-state index in [9.17, 15) is 14.7 Å². The number of aliphatic hydroxyl groups excluding tert-OH is 1. The summed E-state index contributed by atoms with van der Waals surface area (Å²) in [6.07, 6.45) is 0.565. The van der Waals surface area contributed by atoms with Crippen molar-refractivity contribution in [1.82, 2.24) is 4.90 Å². The number of Topliss-reactive ketones (excluding diaryl/α,β-unsaturated/α-hetero) is 1. The molecule has 1 N–H and O–H groups in total. The number of hydrogen-bond donors (Lipinski definition) is 1. The van der Waals surface area contributed by atoms with Crippen molar-refractivity contribution in [3.8, 4) is 0 Å². The van der Waals surface area contributed by atoms with E-state index < -0.39 is 17.7 Å². The number of aliphatic hydroxyl groups is 1. The van der Waals surface area contributed by atoms with Crippen LogP contribution in [0, 0.1) is 6.92 Å². The molecule has 1 saturated heterocycles. The zero-order valence-electron chi connectivity index (χ0n) is 15.8. The average molecular weight is 400 g/mol. The van der Waals surface area contributed by atoms with Crippen molar-refractivity contribution in [2.24, 2.45) is 0 Å². The monoisotopic (exact) mass is 399 g/mol. The number of carbonyl (C=O) groups is 2. The van der Waals surface area contributed by atoms with E-state index in [-0.39, 0.29) is 11.3 Å². The maximum absolute atomic E-state index is 12.8. The minimum atomic E-state index is -0.744. The molecule has 1 aliphatic heterocycles. The number of aryl methyl sites for hydroxylation is 1. The highest BCUT2D eigenvalue weighted by molar-refractivity contribution is 6.47. The van der Waals surface area contributed by atoms with Gasteiger partial charge in [0.25, 0.3) is 11.7 Å². The zero-order chi connectivity index (χ0) is 20.3. The van der Waals surface area contributed by atoms with Crippen molar-refractivity contribution in [1.29, 1.82) is 0 Å². The van der Waals surface area contributed by atoms with Crippen LogP contribution in [0.2, 0.25) is 5.02 Å². The van der Waals surface area contributed by atoms with Gasteiger partial charge in [-0.15, -0.1) is 0 Å². The van der Waals surface area contributed by atoms with E-state index in [0.29, 0.717) is 35.7 Å². The third-order valence-electron chi connectivity index (χ3n) is 4.81. The molecule has 28 heavy (non-hydrogen) atoms. The summed E-state index contributed by atoms with van der Waals surface area (Å²) < 4.78 is 5.07. The summed E-state index contributed by atoms with van der Waals surface area (Å²) >= 11 is 6.38. The van der Waals surface area contributed by atoms with Crippen LogP contribution in [0.4, 0.5) is 0 Å². The fourth-order valence-electron chi connectivity index (χ4n) is 3.38. The van der Waals surface area contributed by atoms with E-state index >= 15 is 0 Å². The lowest BCUT2D eigenvalue weighted by molar-refractivity contribution is -0.140. The molecule has 1 aliphatic rings. The molecule has 0 radical (unpaired) electrons. The SMILES string of the molecule is COCCCN1C(=O)C(=O)/C(=C(\O)c2ccc(C)cc2)C1c1ccccc1Cl. The molecular formula is C22H22ClNO4. The minimum Gasteiger partial charge on any atom is -0.507 e. The Morgan fingerprint density at radius 3 is 2.46 bits per heavy atom. The minimum absolute atomic E-state index is 0.0550. The molecule has 0 aliphatic carbocycles. The van der Waals surface area contributed by atoms with E-state index in [1.54, 1.807) is 43.5 Å². The Labute approximate surface area is 169 Å². The predicted molar refractivity (Wildman–Crippen MR) is 108 cm³/mol. The van der Waals surface area contributed by atoms with Gasteiger partial charge in [-0.25, -0.2) is 0 Å². The molecule has 2 aromatic carbocycles. The molecule has 6 heteroatoms. The highest BCUT2D eigenvalue weighted by Gasteiger charge is 2.46. The van der Waals surface area contributed by atoms with Crippen molar-refractivity contribution in [2.75, 3.05) is 20.3 Å². The molecule has 1 atom stereocenters. The van der Waals surface area contributed by atoms with Crippen molar-refractivity contribution < 1.29 is 19.4 Å². The molecule has 1 fully saturated rings. The van der Waals surface area contributed by atoms with Crippen LogP contribution in [0.15, 0.2) is 54.1 Å². The average Bonchev–Trinajstić information content (AvgIpc) is 2.93. The molecule has 5 nitrogen and oxygen atoms in total. The van der Waals surface area contributed by atoms with Gasteiger partial charge in [-0.2, -0.15) is 0 Å². The smallest absolute Gasteiger partial charge is 0.295 e. The van der Waals surface area contributed by atoms with Gasteiger partial charge in [-0.05, 0) is 25.0 Å². The van der Waals surface area contributed by atoms with E-state index in [2.05, 4.69) is 0 Å². The number of hydrogen-bond acceptors (Lipinski definition) is 4. The number of halogens is 1. The van der Waals surface area contributed by atoms with E-state index in [1.807, 2.05) is 19.1 Å². The van der Waals surface area contributed by atoms with E-state index in [1.165, 1.54) is 4.90 Å². The number of ether oxygens (including phenoxy) is 1. The Balaban J connectivity index is 2.14. The summed E-state index contributed by atoms with van der Waals surface area (Å²) in [6, 6.07) is 13.4. The Kier molecular flexibility index (Phi) is 6.17. The number of rotatable bonds is 6.